The van der Waals surface area contributed by atoms with Gasteiger partial charge in [-0.3, -0.25) is 15.0 Å². The fourth-order valence-electron chi connectivity index (χ4n) is 2.13. The molecular weight excluding hydrogens is 380 g/mol. The molecule has 0 saturated carbocycles. The second-order valence-electron chi connectivity index (χ2n) is 5.70. The normalized spacial score (nSPS) is 9.83. The molecule has 0 aliphatic carbocycles. The Kier molecular flexibility index (Phi) is 7.02. The SMILES string of the molecule is CCC(=O)Nc1cccc(NC(=O)c2ccc(NN=C(C(=O)O)C(=O)O)cc2)c1. The maximum Gasteiger partial charge on any atom is 0.364 e. The van der Waals surface area contributed by atoms with Gasteiger partial charge in [-0.15, -0.1) is 0 Å². The molecule has 5 N–H and O–H groups in total. The third-order valence-electron chi connectivity index (χ3n) is 3.57. The van der Waals surface area contributed by atoms with E-state index < -0.39 is 23.6 Å². The smallest absolute Gasteiger partial charge is 0.364 e. The van der Waals surface area contributed by atoms with Crippen LogP contribution in [0.4, 0.5) is 17.1 Å². The van der Waals surface area contributed by atoms with Crippen LogP contribution in [0.1, 0.15) is 23.7 Å². The molecule has 0 spiro atoms. The molecule has 0 unspecified atom stereocenters. The number of carbonyl (C=O) groups excluding carboxylic acids is 2. The summed E-state index contributed by atoms with van der Waals surface area (Å²) in [5.74, 6) is -3.92. The maximum absolute atomic E-state index is 12.4. The minimum atomic E-state index is -1.68. The van der Waals surface area contributed by atoms with Crippen molar-refractivity contribution >= 4 is 46.5 Å². The van der Waals surface area contributed by atoms with Crippen LogP contribution in [-0.2, 0) is 14.4 Å². The summed E-state index contributed by atoms with van der Waals surface area (Å²) < 4.78 is 0. The Bertz CT molecular complexity index is 953. The number of nitrogens with one attached hydrogen (secondary N) is 3. The molecule has 0 heterocycles. The van der Waals surface area contributed by atoms with E-state index in [4.69, 9.17) is 10.2 Å². The highest BCUT2D eigenvalue weighted by Crippen LogP contribution is 2.17. The predicted molar refractivity (Wildman–Crippen MR) is 106 cm³/mol. The number of rotatable bonds is 8. The Morgan fingerprint density at radius 1 is 0.862 bits per heavy atom. The maximum atomic E-state index is 12.4. The second-order valence-corrected chi connectivity index (χ2v) is 5.70. The predicted octanol–water partition coefficient (Wildman–Crippen LogP) is 2.22. The molecule has 2 rings (SSSR count). The van der Waals surface area contributed by atoms with Crippen LogP contribution in [0.2, 0.25) is 0 Å². The van der Waals surface area contributed by atoms with Crippen LogP contribution in [0.3, 0.4) is 0 Å². The molecule has 29 heavy (non-hydrogen) atoms. The summed E-state index contributed by atoms with van der Waals surface area (Å²) in [6, 6.07) is 12.5. The van der Waals surface area contributed by atoms with Crippen molar-refractivity contribution in [1.29, 1.82) is 0 Å². The summed E-state index contributed by atoms with van der Waals surface area (Å²) in [5.41, 5.74) is 2.89. The number of benzene rings is 2. The first kappa shape index (κ1) is 21.1. The van der Waals surface area contributed by atoms with Gasteiger partial charge in [0.25, 0.3) is 11.6 Å². The van der Waals surface area contributed by atoms with Gasteiger partial charge in [-0.2, -0.15) is 5.10 Å². The molecule has 0 bridgehead atoms. The minimum Gasteiger partial charge on any atom is -0.476 e. The highest BCUT2D eigenvalue weighted by Gasteiger charge is 2.18. The first-order chi connectivity index (χ1) is 13.8. The van der Waals surface area contributed by atoms with E-state index in [1.54, 1.807) is 31.2 Å². The van der Waals surface area contributed by atoms with Crippen molar-refractivity contribution in [2.45, 2.75) is 13.3 Å². The van der Waals surface area contributed by atoms with Gasteiger partial charge in [-0.05, 0) is 42.5 Å². The van der Waals surface area contributed by atoms with Gasteiger partial charge >= 0.3 is 11.9 Å². The Balaban J connectivity index is 2.05. The second kappa shape index (κ2) is 9.65. The number of carboxylic acid groups (broad SMARTS) is 2. The van der Waals surface area contributed by atoms with Crippen molar-refractivity contribution in [3.63, 3.8) is 0 Å². The summed E-state index contributed by atoms with van der Waals surface area (Å²) in [4.78, 5) is 45.3. The van der Waals surface area contributed by atoms with Gasteiger partial charge < -0.3 is 20.8 Å². The van der Waals surface area contributed by atoms with Crippen LogP contribution < -0.4 is 16.1 Å². The number of nitrogens with zero attached hydrogens (tertiary/aromatic N) is 1. The number of carboxylic acids is 2. The summed E-state index contributed by atoms with van der Waals surface area (Å²) in [6.07, 6.45) is 0.335. The van der Waals surface area contributed by atoms with E-state index in [-0.39, 0.29) is 5.91 Å². The molecule has 0 atom stereocenters. The lowest BCUT2D eigenvalue weighted by Crippen LogP contribution is -2.24. The van der Waals surface area contributed by atoms with Crippen LogP contribution in [0.5, 0.6) is 0 Å². The number of hydrogen-bond acceptors (Lipinski definition) is 6. The average Bonchev–Trinajstić information content (AvgIpc) is 2.68. The van der Waals surface area contributed by atoms with Crippen LogP contribution >= 0.6 is 0 Å². The molecule has 10 heteroatoms. The van der Waals surface area contributed by atoms with E-state index in [1.807, 2.05) is 0 Å². The fraction of sp³-hybridized carbons (Fsp3) is 0.105. The standard InChI is InChI=1S/C19H18N4O6/c1-2-15(24)20-13-4-3-5-14(10-13)21-17(25)11-6-8-12(9-7-11)22-23-16(18(26)27)19(28)29/h3-10,22H,2H2,1H3,(H,20,24)(H,21,25)(H,26,27)(H,28,29). The third kappa shape index (κ3) is 6.17. The highest BCUT2D eigenvalue weighted by atomic mass is 16.4. The largest absolute Gasteiger partial charge is 0.476 e. The molecular formula is C19H18N4O6. The first-order valence-corrected chi connectivity index (χ1v) is 8.41. The van der Waals surface area contributed by atoms with Gasteiger partial charge in [0.15, 0.2) is 0 Å². The van der Waals surface area contributed by atoms with E-state index in [9.17, 15) is 19.2 Å². The zero-order chi connectivity index (χ0) is 21.4. The summed E-state index contributed by atoms with van der Waals surface area (Å²) in [7, 11) is 0. The Morgan fingerprint density at radius 3 is 2.00 bits per heavy atom. The zero-order valence-corrected chi connectivity index (χ0v) is 15.3. The number of amides is 2. The monoisotopic (exact) mass is 398 g/mol. The quantitative estimate of drug-likeness (QED) is 0.259. The summed E-state index contributed by atoms with van der Waals surface area (Å²) in [5, 5.41) is 26.2. The number of anilines is 3. The molecule has 0 saturated heterocycles. The van der Waals surface area contributed by atoms with Crippen LogP contribution in [0, 0.1) is 0 Å². The molecule has 2 aromatic rings. The number of hydrogen-bond donors (Lipinski definition) is 5. The number of carbonyl (C=O) groups is 4. The van der Waals surface area contributed by atoms with Crippen molar-refractivity contribution in [2.75, 3.05) is 16.1 Å². The van der Waals surface area contributed by atoms with Crippen LogP contribution in [-0.4, -0.2) is 39.7 Å². The van der Waals surface area contributed by atoms with Crippen molar-refractivity contribution in [3.05, 3.63) is 54.1 Å². The van der Waals surface area contributed by atoms with Gasteiger partial charge in [0, 0.05) is 23.4 Å². The van der Waals surface area contributed by atoms with Gasteiger partial charge in [0.2, 0.25) is 5.91 Å². The van der Waals surface area contributed by atoms with E-state index in [0.29, 0.717) is 29.0 Å². The molecule has 0 aromatic heterocycles. The van der Waals surface area contributed by atoms with Crippen molar-refractivity contribution in [3.8, 4) is 0 Å². The van der Waals surface area contributed by atoms with E-state index in [1.165, 1.54) is 24.3 Å². The Labute approximate surface area is 165 Å². The number of hydrazone groups is 1. The minimum absolute atomic E-state index is 0.145. The summed E-state index contributed by atoms with van der Waals surface area (Å²) >= 11 is 0. The lowest BCUT2D eigenvalue weighted by molar-refractivity contribution is -0.134. The molecule has 0 fully saturated rings. The van der Waals surface area contributed by atoms with E-state index >= 15 is 0 Å². The van der Waals surface area contributed by atoms with Gasteiger partial charge in [-0.1, -0.05) is 13.0 Å². The zero-order valence-electron chi connectivity index (χ0n) is 15.3. The molecule has 2 aromatic carbocycles. The molecule has 0 aliphatic rings. The van der Waals surface area contributed by atoms with Crippen LogP contribution in [0.15, 0.2) is 53.6 Å². The van der Waals surface area contributed by atoms with Gasteiger partial charge in [0.1, 0.15) is 0 Å². The van der Waals surface area contributed by atoms with E-state index in [0.717, 1.165) is 0 Å². The molecule has 150 valence electrons. The lowest BCUT2D eigenvalue weighted by Gasteiger charge is -2.09. The highest BCUT2D eigenvalue weighted by molar-refractivity contribution is 6.61. The van der Waals surface area contributed by atoms with Crippen molar-refractivity contribution in [2.24, 2.45) is 5.10 Å². The topological polar surface area (TPSA) is 157 Å². The number of aliphatic carboxylic acids is 2. The van der Waals surface area contributed by atoms with Gasteiger partial charge in [0.05, 0.1) is 5.69 Å². The summed E-state index contributed by atoms with van der Waals surface area (Å²) in [6.45, 7) is 1.73. The Hall–Kier alpha value is -4.21. The van der Waals surface area contributed by atoms with Gasteiger partial charge in [-0.25, -0.2) is 9.59 Å². The van der Waals surface area contributed by atoms with E-state index in [2.05, 4.69) is 21.2 Å². The molecule has 2 amide bonds. The third-order valence-corrected chi connectivity index (χ3v) is 3.57. The lowest BCUT2D eigenvalue weighted by atomic mass is 10.2. The fourth-order valence-corrected chi connectivity index (χ4v) is 2.13. The molecule has 0 radical (unpaired) electrons. The van der Waals surface area contributed by atoms with Crippen LogP contribution in [0.25, 0.3) is 0 Å². The average molecular weight is 398 g/mol. The molecule has 10 nitrogen and oxygen atoms in total. The first-order valence-electron chi connectivity index (χ1n) is 8.41. The van der Waals surface area contributed by atoms with Crippen molar-refractivity contribution < 1.29 is 29.4 Å². The Morgan fingerprint density at radius 2 is 1.45 bits per heavy atom. The molecule has 0 aliphatic heterocycles. The van der Waals surface area contributed by atoms with Crippen molar-refractivity contribution in [1.82, 2.24) is 0 Å².